The zero-order valence-electron chi connectivity index (χ0n) is 17.6. The van der Waals surface area contributed by atoms with Crippen LogP contribution < -0.4 is 0 Å². The minimum Gasteiger partial charge on any atom is -0.457 e. The zero-order chi connectivity index (χ0) is 0. The summed E-state index contributed by atoms with van der Waals surface area (Å²) in [6.07, 6.45) is 0. The standard InChI is InChI=1S/8Mo.28H2O/h;;;;;;;;28*1H2/p+4. The summed E-state index contributed by atoms with van der Waals surface area (Å²) >= 11 is 0. The van der Waals surface area contributed by atoms with Crippen LogP contribution >= 0.6 is 0 Å². The molecule has 0 saturated carbocycles. The van der Waals surface area contributed by atoms with Gasteiger partial charge in [0, 0.05) is 169 Å². The van der Waals surface area contributed by atoms with Gasteiger partial charge in [-0.2, -0.15) is 0 Å². The van der Waals surface area contributed by atoms with Crippen molar-refractivity contribution in [1.29, 1.82) is 0 Å². The molecule has 0 amide bonds. The van der Waals surface area contributed by atoms with Gasteiger partial charge in [0.2, 0.25) is 0 Å². The van der Waals surface area contributed by atoms with Crippen molar-refractivity contribution < 1.29 is 322 Å². The van der Waals surface area contributed by atoms with E-state index >= 15 is 0 Å². The summed E-state index contributed by atoms with van der Waals surface area (Å²) in [6, 6.07) is 0. The second kappa shape index (κ2) is 3020. The molecule has 0 aromatic carbocycles. The van der Waals surface area contributed by atoms with Crippen molar-refractivity contribution in [2.75, 3.05) is 0 Å². The first-order valence-corrected chi connectivity index (χ1v) is 0. The molecule has 272 valence electrons. The molecule has 0 aliphatic heterocycles. The molecule has 0 bridgehead atoms. The molecule has 0 spiro atoms. The van der Waals surface area contributed by atoms with Gasteiger partial charge in [-0.25, -0.2) is 0 Å². The van der Waals surface area contributed by atoms with Gasteiger partial charge >= 0.3 is 0 Å². The SMILES string of the molecule is O.O.O.O.O.O.O.O.O.O.O.O.O.O.O.O.O.O.O.O.O.O.O.O.[Mo].[Mo].[Mo].[Mo].[Mo].[Mo].[Mo].[Mo].[OH3+].[OH3+].[OH3+].[OH3+]. The Kier molecular flexibility index (Phi) is 273000. The first-order chi connectivity index (χ1) is 0. The summed E-state index contributed by atoms with van der Waals surface area (Å²) in [7, 11) is 0. The molecule has 0 saturated heterocycles. The zero-order valence-corrected chi connectivity index (χ0v) is 33.6. The molecule has 0 radical (unpaired) electrons. The maximum atomic E-state index is 0. The van der Waals surface area contributed by atoms with Crippen molar-refractivity contribution in [2.24, 2.45) is 0 Å². The van der Waals surface area contributed by atoms with Gasteiger partial charge in [0.25, 0.3) is 0 Å². The molecular formula is H60Mo8O28+4. The molecule has 36 heavy (non-hydrogen) atoms. The molecule has 60 N–H and O–H groups in total. The van der Waals surface area contributed by atoms with E-state index in [0.717, 1.165) is 0 Å². The van der Waals surface area contributed by atoms with Crippen LogP contribution in [0.2, 0.25) is 0 Å². The Hall–Kier alpha value is 4.39. The second-order valence-corrected chi connectivity index (χ2v) is 0. The predicted molar refractivity (Wildman–Crippen MR) is 106 cm³/mol. The van der Waals surface area contributed by atoms with Crippen LogP contribution in [0, 0.1) is 0 Å². The Balaban J connectivity index is 0. The fourth-order valence-electron chi connectivity index (χ4n) is 0. The molecule has 36 heteroatoms. The maximum absolute atomic E-state index is 0. The van der Waals surface area contributed by atoms with Gasteiger partial charge in [-0.3, -0.25) is 0 Å². The Morgan fingerprint density at radius 1 is 0.0833 bits per heavy atom. The minimum atomic E-state index is 0. The van der Waals surface area contributed by atoms with Crippen molar-refractivity contribution in [3.05, 3.63) is 0 Å². The summed E-state index contributed by atoms with van der Waals surface area (Å²) in [4.78, 5) is 0. The van der Waals surface area contributed by atoms with Crippen LogP contribution in [0.5, 0.6) is 0 Å². The van der Waals surface area contributed by atoms with E-state index in [9.17, 15) is 0 Å². The third kappa shape index (κ3) is 2790. The fourth-order valence-corrected chi connectivity index (χ4v) is 0. The molecular weight excluding hydrogens is 1220 g/mol. The Morgan fingerprint density at radius 2 is 0.0833 bits per heavy atom. The molecule has 0 aliphatic carbocycles. The summed E-state index contributed by atoms with van der Waals surface area (Å²) in [6.45, 7) is 0. The fraction of sp³-hybridized carbons (Fsp3) is 0. The van der Waals surface area contributed by atoms with Gasteiger partial charge < -0.3 is 153 Å². The largest absolute Gasteiger partial charge is 0.457 e. The molecule has 0 aliphatic rings. The van der Waals surface area contributed by atoms with Gasteiger partial charge in [-0.05, 0) is 0 Å². The molecule has 0 heterocycles. The van der Waals surface area contributed by atoms with Crippen LogP contribution in [0.25, 0.3) is 0 Å². The van der Waals surface area contributed by atoms with E-state index in [-0.39, 0.29) is 322 Å². The monoisotopic (exact) mass is 1290 g/mol. The Bertz CT molecular complexity index is 27.5. The topological polar surface area (TPSA) is 888 Å². The minimum absolute atomic E-state index is 0. The number of rotatable bonds is 0. The molecule has 0 fully saturated rings. The third-order valence-electron chi connectivity index (χ3n) is 0. The third-order valence-corrected chi connectivity index (χ3v) is 0. The molecule has 0 rings (SSSR count). The van der Waals surface area contributed by atoms with E-state index in [1.54, 1.807) is 0 Å². The average Bonchev–Trinajstić information content (AvgIpc) is 0. The van der Waals surface area contributed by atoms with Crippen LogP contribution in [-0.2, 0) is 190 Å². The van der Waals surface area contributed by atoms with Crippen molar-refractivity contribution in [1.82, 2.24) is 0 Å². The summed E-state index contributed by atoms with van der Waals surface area (Å²) in [5.41, 5.74) is 0. The summed E-state index contributed by atoms with van der Waals surface area (Å²) in [5, 5.41) is 0. The van der Waals surface area contributed by atoms with E-state index in [2.05, 4.69) is 0 Å². The smallest absolute Gasteiger partial charge is 0 e. The number of hydrogen-bond acceptors (Lipinski definition) is 0. The van der Waals surface area contributed by atoms with E-state index in [1.165, 1.54) is 0 Å². The van der Waals surface area contributed by atoms with Crippen LogP contribution in [0.15, 0.2) is 0 Å². The first-order valence-electron chi connectivity index (χ1n) is 0. The van der Waals surface area contributed by atoms with Crippen LogP contribution in [-0.4, -0.2) is 131 Å². The first kappa shape index (κ1) is 3260. The van der Waals surface area contributed by atoms with Crippen LogP contribution in [0.4, 0.5) is 0 Å². The van der Waals surface area contributed by atoms with Gasteiger partial charge in [-0.15, -0.1) is 0 Å². The van der Waals surface area contributed by atoms with E-state index < -0.39 is 0 Å². The van der Waals surface area contributed by atoms with Crippen molar-refractivity contribution in [2.45, 2.75) is 0 Å². The van der Waals surface area contributed by atoms with Crippen molar-refractivity contribution in [3.63, 3.8) is 0 Å². The quantitative estimate of drug-likeness (QED) is 0.161. The van der Waals surface area contributed by atoms with Crippen LogP contribution in [0.3, 0.4) is 0 Å². The Morgan fingerprint density at radius 3 is 0.0833 bits per heavy atom. The number of hydrogen-bond donors (Lipinski definition) is 0. The predicted octanol–water partition coefficient (Wildman–Crippen LogP) is -23.5. The summed E-state index contributed by atoms with van der Waals surface area (Å²) in [5.74, 6) is 0. The molecule has 0 atom stereocenters. The van der Waals surface area contributed by atoms with Gasteiger partial charge in [0.1, 0.15) is 0 Å². The van der Waals surface area contributed by atoms with Gasteiger partial charge in [-0.1, -0.05) is 0 Å². The van der Waals surface area contributed by atoms with E-state index in [1.807, 2.05) is 0 Å². The second-order valence-electron chi connectivity index (χ2n) is 0. The Labute approximate surface area is 318 Å². The maximum Gasteiger partial charge on any atom is 0 e. The van der Waals surface area contributed by atoms with Crippen LogP contribution in [0.1, 0.15) is 0 Å². The van der Waals surface area contributed by atoms with Crippen molar-refractivity contribution in [3.8, 4) is 0 Å². The summed E-state index contributed by atoms with van der Waals surface area (Å²) < 4.78 is 0. The molecule has 0 aromatic heterocycles. The molecule has 0 aromatic rings. The molecule has 28 nitrogen and oxygen atoms in total. The van der Waals surface area contributed by atoms with E-state index in [4.69, 9.17) is 0 Å². The average molecular weight is 1280 g/mol. The van der Waals surface area contributed by atoms with Gasteiger partial charge in [0.05, 0.1) is 0 Å². The van der Waals surface area contributed by atoms with E-state index in [0.29, 0.717) is 0 Å². The van der Waals surface area contributed by atoms with Crippen molar-refractivity contribution >= 4 is 0 Å². The normalized spacial score (nSPS) is 0. The molecule has 0 unspecified atom stereocenters. The van der Waals surface area contributed by atoms with Gasteiger partial charge in [0.15, 0.2) is 0 Å².